The van der Waals surface area contributed by atoms with Crippen LogP contribution < -0.4 is 10.1 Å². The molecule has 106 valence electrons. The molecule has 1 N–H and O–H groups in total. The van der Waals surface area contributed by atoms with Gasteiger partial charge in [0.2, 0.25) is 5.82 Å². The Kier molecular flexibility index (Phi) is 3.94. The molecule has 0 bridgehead atoms. The van der Waals surface area contributed by atoms with E-state index in [2.05, 4.69) is 15.5 Å². The quantitative estimate of drug-likeness (QED) is 0.917. The van der Waals surface area contributed by atoms with Gasteiger partial charge in [-0.05, 0) is 31.2 Å². The van der Waals surface area contributed by atoms with Crippen molar-refractivity contribution in [2.24, 2.45) is 0 Å². The van der Waals surface area contributed by atoms with Crippen molar-refractivity contribution >= 4 is 0 Å². The Balaban J connectivity index is 1.75. The highest BCUT2D eigenvalue weighted by Gasteiger charge is 2.21. The van der Waals surface area contributed by atoms with E-state index in [1.165, 1.54) is 0 Å². The summed E-state index contributed by atoms with van der Waals surface area (Å²) >= 11 is 0. The van der Waals surface area contributed by atoms with Crippen LogP contribution in [0.15, 0.2) is 28.8 Å². The summed E-state index contributed by atoms with van der Waals surface area (Å²) in [5.41, 5.74) is 0.871. The lowest BCUT2D eigenvalue weighted by molar-refractivity contribution is 0.0208. The molecule has 6 heteroatoms. The van der Waals surface area contributed by atoms with E-state index in [9.17, 15) is 0 Å². The summed E-state index contributed by atoms with van der Waals surface area (Å²) in [6.07, 6.45) is -0.135. The monoisotopic (exact) mass is 275 g/mol. The van der Waals surface area contributed by atoms with Crippen LogP contribution in [0.4, 0.5) is 0 Å². The Morgan fingerprint density at radius 1 is 1.35 bits per heavy atom. The van der Waals surface area contributed by atoms with Gasteiger partial charge in [0.25, 0.3) is 5.89 Å². The molecule has 1 aliphatic rings. The number of morpholine rings is 1. The van der Waals surface area contributed by atoms with Crippen molar-refractivity contribution in [3.8, 4) is 17.2 Å². The van der Waals surface area contributed by atoms with Crippen molar-refractivity contribution in [3.63, 3.8) is 0 Å². The number of nitrogens with one attached hydrogen (secondary N) is 1. The van der Waals surface area contributed by atoms with Gasteiger partial charge in [-0.3, -0.25) is 0 Å². The molecule has 1 unspecified atom stereocenters. The fraction of sp³-hybridized carbons (Fsp3) is 0.429. The smallest absolute Gasteiger partial charge is 0.258 e. The maximum absolute atomic E-state index is 5.60. The van der Waals surface area contributed by atoms with Gasteiger partial charge in [-0.2, -0.15) is 4.98 Å². The van der Waals surface area contributed by atoms with Crippen molar-refractivity contribution < 1.29 is 14.0 Å². The third-order valence-corrected chi connectivity index (χ3v) is 3.07. The second kappa shape index (κ2) is 6.02. The van der Waals surface area contributed by atoms with Gasteiger partial charge in [0.1, 0.15) is 11.9 Å². The number of hydrogen-bond donors (Lipinski definition) is 1. The molecule has 2 heterocycles. The number of rotatable bonds is 4. The van der Waals surface area contributed by atoms with Crippen molar-refractivity contribution in [2.75, 3.05) is 26.3 Å². The molecular formula is C14H17N3O3. The normalized spacial score (nSPS) is 18.9. The van der Waals surface area contributed by atoms with E-state index >= 15 is 0 Å². The van der Waals surface area contributed by atoms with E-state index in [4.69, 9.17) is 14.0 Å². The van der Waals surface area contributed by atoms with Crippen LogP contribution in [-0.2, 0) is 4.74 Å². The molecule has 1 fully saturated rings. The van der Waals surface area contributed by atoms with Crippen LogP contribution >= 0.6 is 0 Å². The standard InChI is InChI=1S/C14H17N3O3/c1-2-18-11-5-3-10(4-6-11)14-16-13(17-20-14)12-9-15-7-8-19-12/h3-6,12,15H,2,7-9H2,1H3. The molecule has 6 nitrogen and oxygen atoms in total. The van der Waals surface area contributed by atoms with Gasteiger partial charge in [0, 0.05) is 18.7 Å². The molecule has 1 aromatic carbocycles. The molecule has 1 aliphatic heterocycles. The highest BCUT2D eigenvalue weighted by Crippen LogP contribution is 2.23. The van der Waals surface area contributed by atoms with Crippen LogP contribution in [0.2, 0.25) is 0 Å². The SMILES string of the molecule is CCOc1ccc(-c2nc(C3CNCCO3)no2)cc1. The Morgan fingerprint density at radius 3 is 2.90 bits per heavy atom. The molecule has 0 aliphatic carbocycles. The fourth-order valence-electron chi connectivity index (χ4n) is 2.07. The molecule has 1 aromatic heterocycles. The van der Waals surface area contributed by atoms with Gasteiger partial charge < -0.3 is 19.3 Å². The number of benzene rings is 1. The lowest BCUT2D eigenvalue weighted by Crippen LogP contribution is -2.33. The molecular weight excluding hydrogens is 258 g/mol. The topological polar surface area (TPSA) is 69.4 Å². The zero-order chi connectivity index (χ0) is 13.8. The predicted molar refractivity (Wildman–Crippen MR) is 72.5 cm³/mol. The first kappa shape index (κ1) is 13.1. The van der Waals surface area contributed by atoms with Crippen LogP contribution in [0.3, 0.4) is 0 Å². The largest absolute Gasteiger partial charge is 0.494 e. The van der Waals surface area contributed by atoms with Crippen LogP contribution in [0.1, 0.15) is 18.9 Å². The van der Waals surface area contributed by atoms with Crippen LogP contribution in [0, 0.1) is 0 Å². The average Bonchev–Trinajstić information content (AvgIpc) is 2.99. The second-order valence-electron chi connectivity index (χ2n) is 4.48. The summed E-state index contributed by atoms with van der Waals surface area (Å²) in [6, 6.07) is 7.59. The van der Waals surface area contributed by atoms with Gasteiger partial charge in [-0.1, -0.05) is 5.16 Å². The fourth-order valence-corrected chi connectivity index (χ4v) is 2.07. The minimum Gasteiger partial charge on any atom is -0.494 e. The Morgan fingerprint density at radius 2 is 2.20 bits per heavy atom. The lowest BCUT2D eigenvalue weighted by atomic mass is 10.2. The van der Waals surface area contributed by atoms with Crippen molar-refractivity contribution in [3.05, 3.63) is 30.1 Å². The highest BCUT2D eigenvalue weighted by molar-refractivity contribution is 5.54. The molecule has 2 aromatic rings. The zero-order valence-corrected chi connectivity index (χ0v) is 11.3. The van der Waals surface area contributed by atoms with Crippen LogP contribution in [0.25, 0.3) is 11.5 Å². The summed E-state index contributed by atoms with van der Waals surface area (Å²) in [4.78, 5) is 4.40. The van der Waals surface area contributed by atoms with Crippen LogP contribution in [0.5, 0.6) is 5.75 Å². The van der Waals surface area contributed by atoms with E-state index < -0.39 is 0 Å². The van der Waals surface area contributed by atoms with Gasteiger partial charge in [0.15, 0.2) is 0 Å². The zero-order valence-electron chi connectivity index (χ0n) is 11.3. The van der Waals surface area contributed by atoms with E-state index in [0.717, 1.165) is 17.9 Å². The Labute approximate surface area is 117 Å². The van der Waals surface area contributed by atoms with Gasteiger partial charge in [-0.25, -0.2) is 0 Å². The molecule has 20 heavy (non-hydrogen) atoms. The summed E-state index contributed by atoms with van der Waals surface area (Å²) < 4.78 is 16.3. The molecule has 1 saturated heterocycles. The lowest BCUT2D eigenvalue weighted by Gasteiger charge is -2.20. The first-order valence-corrected chi connectivity index (χ1v) is 6.76. The third kappa shape index (κ3) is 2.81. The van der Waals surface area contributed by atoms with Gasteiger partial charge in [-0.15, -0.1) is 0 Å². The maximum atomic E-state index is 5.60. The maximum Gasteiger partial charge on any atom is 0.258 e. The molecule has 0 spiro atoms. The molecule has 0 amide bonds. The Hall–Kier alpha value is -1.92. The molecule has 0 radical (unpaired) electrons. The first-order valence-electron chi connectivity index (χ1n) is 6.76. The Bertz CT molecular complexity index is 547. The predicted octanol–water partition coefficient (Wildman–Crippen LogP) is 1.80. The van der Waals surface area contributed by atoms with E-state index in [1.54, 1.807) is 0 Å². The molecule has 3 rings (SSSR count). The minimum absolute atomic E-state index is 0.135. The van der Waals surface area contributed by atoms with E-state index in [0.29, 0.717) is 31.5 Å². The minimum atomic E-state index is -0.135. The van der Waals surface area contributed by atoms with E-state index in [-0.39, 0.29) is 6.10 Å². The third-order valence-electron chi connectivity index (χ3n) is 3.07. The summed E-state index contributed by atoms with van der Waals surface area (Å²) in [5.74, 6) is 1.91. The van der Waals surface area contributed by atoms with Crippen molar-refractivity contribution in [1.82, 2.24) is 15.5 Å². The number of nitrogens with zero attached hydrogens (tertiary/aromatic N) is 2. The average molecular weight is 275 g/mol. The van der Waals surface area contributed by atoms with Crippen LogP contribution in [-0.4, -0.2) is 36.4 Å². The first-order chi connectivity index (χ1) is 9.86. The van der Waals surface area contributed by atoms with Crippen molar-refractivity contribution in [1.29, 1.82) is 0 Å². The van der Waals surface area contributed by atoms with Gasteiger partial charge in [0.05, 0.1) is 13.2 Å². The van der Waals surface area contributed by atoms with Crippen molar-refractivity contribution in [2.45, 2.75) is 13.0 Å². The summed E-state index contributed by atoms with van der Waals surface area (Å²) in [6.45, 7) is 4.84. The number of aromatic nitrogens is 2. The van der Waals surface area contributed by atoms with Gasteiger partial charge >= 0.3 is 0 Å². The number of hydrogen-bond acceptors (Lipinski definition) is 6. The molecule has 1 atom stereocenters. The number of ether oxygens (including phenoxy) is 2. The second-order valence-corrected chi connectivity index (χ2v) is 4.48. The van der Waals surface area contributed by atoms with E-state index in [1.807, 2.05) is 31.2 Å². The highest BCUT2D eigenvalue weighted by atomic mass is 16.5. The summed E-state index contributed by atoms with van der Waals surface area (Å²) in [5, 5.41) is 7.23. The molecule has 0 saturated carbocycles. The summed E-state index contributed by atoms with van der Waals surface area (Å²) in [7, 11) is 0.